The van der Waals surface area contributed by atoms with E-state index in [-0.39, 0.29) is 24.5 Å². The van der Waals surface area contributed by atoms with E-state index < -0.39 is 6.04 Å². The van der Waals surface area contributed by atoms with Gasteiger partial charge in [0.15, 0.2) is 6.61 Å². The minimum absolute atomic E-state index is 0.00909. The van der Waals surface area contributed by atoms with Gasteiger partial charge in [0.1, 0.15) is 11.8 Å². The normalized spacial score (nSPS) is 11.8. The van der Waals surface area contributed by atoms with Crippen molar-refractivity contribution >= 4 is 11.8 Å². The first-order chi connectivity index (χ1) is 13.3. The van der Waals surface area contributed by atoms with Gasteiger partial charge in [0.25, 0.3) is 5.91 Å². The van der Waals surface area contributed by atoms with Crippen molar-refractivity contribution in [3.63, 3.8) is 0 Å². The third-order valence-corrected chi connectivity index (χ3v) is 4.49. The summed E-state index contributed by atoms with van der Waals surface area (Å²) in [6, 6.07) is 14.9. The van der Waals surface area contributed by atoms with E-state index in [9.17, 15) is 9.59 Å². The predicted octanol–water partition coefficient (Wildman–Crippen LogP) is 3.62. The molecule has 5 heteroatoms. The van der Waals surface area contributed by atoms with E-state index in [1.54, 1.807) is 11.8 Å². The number of hydrogen-bond donors (Lipinski definition) is 1. The number of benzene rings is 2. The molecule has 0 aliphatic carbocycles. The smallest absolute Gasteiger partial charge is 0.261 e. The molecule has 28 heavy (non-hydrogen) atoms. The molecule has 0 aliphatic heterocycles. The number of carbonyl (C=O) groups is 2. The van der Waals surface area contributed by atoms with Crippen molar-refractivity contribution in [2.75, 3.05) is 6.61 Å². The van der Waals surface area contributed by atoms with Crippen LogP contribution in [-0.4, -0.2) is 35.4 Å². The number of carbonyl (C=O) groups excluding carboxylic acids is 2. The maximum absolute atomic E-state index is 13.0. The summed E-state index contributed by atoms with van der Waals surface area (Å²) in [5.74, 6) is 0.287. The highest BCUT2D eigenvalue weighted by Gasteiger charge is 2.26. The molecule has 0 fully saturated rings. The Labute approximate surface area is 167 Å². The highest BCUT2D eigenvalue weighted by Crippen LogP contribution is 2.19. The first kappa shape index (κ1) is 21.5. The zero-order valence-electron chi connectivity index (χ0n) is 17.4. The molecular weight excluding hydrogens is 352 g/mol. The van der Waals surface area contributed by atoms with E-state index >= 15 is 0 Å². The molecule has 2 amide bonds. The van der Waals surface area contributed by atoms with Crippen molar-refractivity contribution in [3.8, 4) is 5.75 Å². The highest BCUT2D eigenvalue weighted by atomic mass is 16.5. The van der Waals surface area contributed by atoms with Crippen LogP contribution in [0.15, 0.2) is 48.5 Å². The lowest BCUT2D eigenvalue weighted by Gasteiger charge is -2.29. The number of nitrogens with one attached hydrogen (secondary N) is 1. The maximum Gasteiger partial charge on any atom is 0.261 e. The summed E-state index contributed by atoms with van der Waals surface area (Å²) in [6.45, 7) is 9.71. The lowest BCUT2D eigenvalue weighted by molar-refractivity contribution is -0.142. The maximum atomic E-state index is 13.0. The monoisotopic (exact) mass is 382 g/mol. The van der Waals surface area contributed by atoms with Gasteiger partial charge in [0.2, 0.25) is 5.91 Å². The van der Waals surface area contributed by atoms with E-state index in [2.05, 4.69) is 5.32 Å². The quantitative estimate of drug-likeness (QED) is 0.759. The number of nitrogens with zero attached hydrogens (tertiary/aromatic N) is 1. The zero-order chi connectivity index (χ0) is 20.7. The molecule has 0 bridgehead atoms. The molecular formula is C23H30N2O3. The van der Waals surface area contributed by atoms with Crippen LogP contribution in [0.3, 0.4) is 0 Å². The average molecular weight is 383 g/mol. The topological polar surface area (TPSA) is 58.6 Å². The molecule has 0 radical (unpaired) electrons. The summed E-state index contributed by atoms with van der Waals surface area (Å²) in [5.41, 5.74) is 3.00. The van der Waals surface area contributed by atoms with Crippen LogP contribution in [0.1, 0.15) is 37.5 Å². The SMILES string of the molecule is Cc1ccc(C)c(OCC(=O)N(Cc2ccccc2)[C@@H](C)C(=O)NC(C)C)c1. The number of rotatable bonds is 8. The zero-order valence-corrected chi connectivity index (χ0v) is 17.4. The van der Waals surface area contributed by atoms with Gasteiger partial charge in [-0.1, -0.05) is 42.5 Å². The summed E-state index contributed by atoms with van der Waals surface area (Å²) >= 11 is 0. The first-order valence-corrected chi connectivity index (χ1v) is 9.61. The van der Waals surface area contributed by atoms with Gasteiger partial charge in [0.05, 0.1) is 0 Å². The van der Waals surface area contributed by atoms with E-state index in [4.69, 9.17) is 4.74 Å². The molecule has 0 saturated carbocycles. The Morgan fingerprint density at radius 1 is 1.04 bits per heavy atom. The van der Waals surface area contributed by atoms with Crippen LogP contribution in [0.4, 0.5) is 0 Å². The van der Waals surface area contributed by atoms with Crippen molar-refractivity contribution in [2.45, 2.75) is 53.2 Å². The third kappa shape index (κ3) is 6.12. The molecule has 0 saturated heterocycles. The second-order valence-electron chi connectivity index (χ2n) is 7.40. The molecule has 2 aromatic carbocycles. The van der Waals surface area contributed by atoms with Crippen molar-refractivity contribution < 1.29 is 14.3 Å². The fourth-order valence-electron chi connectivity index (χ4n) is 2.85. The lowest BCUT2D eigenvalue weighted by atomic mass is 10.1. The molecule has 0 spiro atoms. The van der Waals surface area contributed by atoms with E-state index in [1.165, 1.54) is 0 Å². The summed E-state index contributed by atoms with van der Waals surface area (Å²) in [4.78, 5) is 27.1. The van der Waals surface area contributed by atoms with Crippen LogP contribution in [0.5, 0.6) is 5.75 Å². The Morgan fingerprint density at radius 2 is 1.71 bits per heavy atom. The second-order valence-corrected chi connectivity index (χ2v) is 7.40. The van der Waals surface area contributed by atoms with Crippen LogP contribution in [0.25, 0.3) is 0 Å². The largest absolute Gasteiger partial charge is 0.483 e. The lowest BCUT2D eigenvalue weighted by Crippen LogP contribution is -2.50. The predicted molar refractivity (Wildman–Crippen MR) is 111 cm³/mol. The van der Waals surface area contributed by atoms with Crippen molar-refractivity contribution in [1.82, 2.24) is 10.2 Å². The Morgan fingerprint density at radius 3 is 2.36 bits per heavy atom. The Hall–Kier alpha value is -2.82. The van der Waals surface area contributed by atoms with Gasteiger partial charge in [-0.05, 0) is 57.4 Å². The Kier molecular flexibility index (Phi) is 7.61. The van der Waals surface area contributed by atoms with Gasteiger partial charge in [-0.2, -0.15) is 0 Å². The van der Waals surface area contributed by atoms with Gasteiger partial charge in [-0.15, -0.1) is 0 Å². The molecule has 2 aromatic rings. The third-order valence-electron chi connectivity index (χ3n) is 4.49. The van der Waals surface area contributed by atoms with Gasteiger partial charge in [-0.25, -0.2) is 0 Å². The van der Waals surface area contributed by atoms with Crippen LogP contribution in [-0.2, 0) is 16.1 Å². The summed E-state index contributed by atoms with van der Waals surface area (Å²) in [7, 11) is 0. The number of ether oxygens (including phenoxy) is 1. The summed E-state index contributed by atoms with van der Waals surface area (Å²) in [6.07, 6.45) is 0. The van der Waals surface area contributed by atoms with Crippen molar-refractivity contribution in [3.05, 3.63) is 65.2 Å². The molecule has 1 atom stereocenters. The highest BCUT2D eigenvalue weighted by molar-refractivity contribution is 5.88. The van der Waals surface area contributed by atoms with Gasteiger partial charge in [0, 0.05) is 12.6 Å². The van der Waals surface area contributed by atoms with E-state index in [0.29, 0.717) is 12.3 Å². The van der Waals surface area contributed by atoms with Crippen molar-refractivity contribution in [2.24, 2.45) is 0 Å². The molecule has 0 aliphatic rings. The molecule has 150 valence electrons. The number of aryl methyl sites for hydroxylation is 2. The Balaban J connectivity index is 2.15. The minimum atomic E-state index is -0.600. The Bertz CT molecular complexity index is 803. The molecule has 0 aromatic heterocycles. The van der Waals surface area contributed by atoms with Crippen LogP contribution < -0.4 is 10.1 Å². The van der Waals surface area contributed by atoms with Crippen LogP contribution in [0.2, 0.25) is 0 Å². The molecule has 5 nitrogen and oxygen atoms in total. The molecule has 0 unspecified atom stereocenters. The van der Waals surface area contributed by atoms with Gasteiger partial charge < -0.3 is 15.0 Å². The fourth-order valence-corrected chi connectivity index (χ4v) is 2.85. The first-order valence-electron chi connectivity index (χ1n) is 9.61. The summed E-state index contributed by atoms with van der Waals surface area (Å²) < 4.78 is 5.79. The fraction of sp³-hybridized carbons (Fsp3) is 0.391. The molecule has 2 rings (SSSR count). The van der Waals surface area contributed by atoms with Crippen LogP contribution in [0, 0.1) is 13.8 Å². The van der Waals surface area contributed by atoms with Crippen molar-refractivity contribution in [1.29, 1.82) is 0 Å². The van der Waals surface area contributed by atoms with Gasteiger partial charge >= 0.3 is 0 Å². The second kappa shape index (κ2) is 9.93. The summed E-state index contributed by atoms with van der Waals surface area (Å²) in [5, 5.41) is 2.88. The number of hydrogen-bond acceptors (Lipinski definition) is 3. The number of amides is 2. The standard InChI is InChI=1S/C23H30N2O3/c1-16(2)24-23(27)19(5)25(14-20-9-7-6-8-10-20)22(26)15-28-21-13-17(3)11-12-18(21)4/h6-13,16,19H,14-15H2,1-5H3,(H,24,27)/t19-/m0/s1. The molecule has 0 heterocycles. The average Bonchev–Trinajstić information content (AvgIpc) is 2.66. The van der Waals surface area contributed by atoms with Gasteiger partial charge in [-0.3, -0.25) is 9.59 Å². The minimum Gasteiger partial charge on any atom is -0.483 e. The van der Waals surface area contributed by atoms with E-state index in [0.717, 1.165) is 16.7 Å². The van der Waals surface area contributed by atoms with Crippen LogP contribution >= 0.6 is 0 Å². The van der Waals surface area contributed by atoms with E-state index in [1.807, 2.05) is 76.2 Å². The molecule has 1 N–H and O–H groups in total.